The lowest BCUT2D eigenvalue weighted by Gasteiger charge is -2.26. The Balaban J connectivity index is 0.00000420. The molecule has 1 aliphatic heterocycles. The van der Waals surface area contributed by atoms with Crippen LogP contribution < -0.4 is 15.4 Å². The summed E-state index contributed by atoms with van der Waals surface area (Å²) in [6, 6.07) is 8.41. The van der Waals surface area contributed by atoms with E-state index in [1.54, 1.807) is 7.11 Å². The molecule has 1 saturated heterocycles. The number of benzene rings is 1. The molecular weight excluding hydrogens is 481 g/mol. The molecule has 1 atom stereocenters. The van der Waals surface area contributed by atoms with E-state index in [9.17, 15) is 0 Å². The molecule has 29 heavy (non-hydrogen) atoms. The lowest BCUT2D eigenvalue weighted by molar-refractivity contribution is 0.0376. The van der Waals surface area contributed by atoms with Crippen molar-refractivity contribution in [2.45, 2.75) is 19.4 Å². The average Bonchev–Trinajstić information content (AvgIpc) is 2.72. The maximum Gasteiger partial charge on any atom is 0.191 e. The average molecular weight is 519 g/mol. The van der Waals surface area contributed by atoms with Crippen molar-refractivity contribution in [2.24, 2.45) is 4.99 Å². The molecule has 1 aliphatic rings. The van der Waals surface area contributed by atoms with Crippen molar-refractivity contribution in [3.05, 3.63) is 29.8 Å². The van der Waals surface area contributed by atoms with Gasteiger partial charge in [-0.25, -0.2) is 0 Å². The highest BCUT2D eigenvalue weighted by atomic mass is 127. The van der Waals surface area contributed by atoms with E-state index in [2.05, 4.69) is 53.6 Å². The van der Waals surface area contributed by atoms with Crippen molar-refractivity contribution in [3.63, 3.8) is 0 Å². The van der Waals surface area contributed by atoms with E-state index in [-0.39, 0.29) is 30.0 Å². The summed E-state index contributed by atoms with van der Waals surface area (Å²) < 4.78 is 10.8. The minimum atomic E-state index is 0. The summed E-state index contributed by atoms with van der Waals surface area (Å²) in [5.74, 6) is 1.75. The van der Waals surface area contributed by atoms with E-state index in [1.807, 2.05) is 12.1 Å². The molecule has 1 aromatic carbocycles. The molecule has 0 spiro atoms. The van der Waals surface area contributed by atoms with Crippen LogP contribution in [0.2, 0.25) is 0 Å². The normalized spacial score (nSPS) is 16.2. The highest BCUT2D eigenvalue weighted by molar-refractivity contribution is 14.0. The Kier molecular flexibility index (Phi) is 13.2. The van der Waals surface area contributed by atoms with Gasteiger partial charge in [-0.15, -0.1) is 24.0 Å². The molecule has 0 aliphatic carbocycles. The molecule has 1 fully saturated rings. The zero-order chi connectivity index (χ0) is 20.2. The van der Waals surface area contributed by atoms with Crippen LogP contribution >= 0.6 is 24.0 Å². The van der Waals surface area contributed by atoms with E-state index in [4.69, 9.17) is 14.5 Å². The van der Waals surface area contributed by atoms with Gasteiger partial charge < -0.3 is 25.0 Å². The van der Waals surface area contributed by atoms with Crippen molar-refractivity contribution in [1.29, 1.82) is 0 Å². The largest absolute Gasteiger partial charge is 0.497 e. The molecule has 7 nitrogen and oxygen atoms in total. The second-order valence-electron chi connectivity index (χ2n) is 7.21. The van der Waals surface area contributed by atoms with Crippen LogP contribution in [0.5, 0.6) is 5.75 Å². The first-order valence-corrected chi connectivity index (χ1v) is 10.3. The highest BCUT2D eigenvalue weighted by Crippen LogP contribution is 2.22. The molecule has 0 saturated carbocycles. The predicted octanol–water partition coefficient (Wildman–Crippen LogP) is 2.19. The third-order valence-electron chi connectivity index (χ3n) is 4.92. The van der Waals surface area contributed by atoms with E-state index in [1.165, 1.54) is 5.56 Å². The summed E-state index contributed by atoms with van der Waals surface area (Å²) in [7, 11) is 5.87. The van der Waals surface area contributed by atoms with Gasteiger partial charge >= 0.3 is 0 Å². The van der Waals surface area contributed by atoms with Crippen molar-refractivity contribution in [3.8, 4) is 5.75 Å². The Morgan fingerprint density at radius 3 is 2.69 bits per heavy atom. The Morgan fingerprint density at radius 1 is 1.28 bits per heavy atom. The van der Waals surface area contributed by atoms with Crippen molar-refractivity contribution in [1.82, 2.24) is 20.4 Å². The number of aliphatic imine (C=N–C) groups is 1. The minimum Gasteiger partial charge on any atom is -0.497 e. The van der Waals surface area contributed by atoms with Crippen LogP contribution in [0, 0.1) is 0 Å². The predicted molar refractivity (Wildman–Crippen MR) is 131 cm³/mol. The zero-order valence-electron chi connectivity index (χ0n) is 18.3. The van der Waals surface area contributed by atoms with E-state index in [0.717, 1.165) is 64.1 Å². The van der Waals surface area contributed by atoms with Gasteiger partial charge in [-0.3, -0.25) is 9.89 Å². The lowest BCUT2D eigenvalue weighted by atomic mass is 10.1. The maximum atomic E-state index is 5.40. The summed E-state index contributed by atoms with van der Waals surface area (Å²) in [5.41, 5.74) is 1.20. The number of rotatable bonds is 10. The Morgan fingerprint density at radius 2 is 2.03 bits per heavy atom. The summed E-state index contributed by atoms with van der Waals surface area (Å²) >= 11 is 0. The van der Waals surface area contributed by atoms with E-state index >= 15 is 0 Å². The van der Waals surface area contributed by atoms with Gasteiger partial charge in [-0.05, 0) is 51.7 Å². The topological polar surface area (TPSA) is 61.4 Å². The Hall–Kier alpha value is -1.10. The van der Waals surface area contributed by atoms with Crippen LogP contribution in [0.15, 0.2) is 29.3 Å². The van der Waals surface area contributed by atoms with Gasteiger partial charge in [0.2, 0.25) is 0 Å². The summed E-state index contributed by atoms with van der Waals surface area (Å²) in [6.45, 7) is 9.42. The third kappa shape index (κ3) is 9.50. The van der Waals surface area contributed by atoms with Crippen molar-refractivity contribution >= 4 is 29.9 Å². The summed E-state index contributed by atoms with van der Waals surface area (Å²) in [5, 5.41) is 6.82. The second kappa shape index (κ2) is 14.8. The number of ether oxygens (including phenoxy) is 2. The van der Waals surface area contributed by atoms with Crippen LogP contribution in [-0.2, 0) is 4.74 Å². The molecule has 2 N–H and O–H groups in total. The van der Waals surface area contributed by atoms with E-state index < -0.39 is 0 Å². The van der Waals surface area contributed by atoms with Gasteiger partial charge in [0.25, 0.3) is 0 Å². The first-order chi connectivity index (χ1) is 13.6. The molecule has 0 amide bonds. The van der Waals surface area contributed by atoms with Crippen LogP contribution in [0.4, 0.5) is 0 Å². The fourth-order valence-electron chi connectivity index (χ4n) is 3.27. The fourth-order valence-corrected chi connectivity index (χ4v) is 3.27. The smallest absolute Gasteiger partial charge is 0.191 e. The van der Waals surface area contributed by atoms with Gasteiger partial charge in [-0.2, -0.15) is 0 Å². The summed E-state index contributed by atoms with van der Waals surface area (Å²) in [6.07, 6.45) is 1.09. The first-order valence-electron chi connectivity index (χ1n) is 10.3. The highest BCUT2D eigenvalue weighted by Gasteiger charge is 2.15. The SMILES string of the molecule is CCNC(=NCC(c1cccc(OC)c1)N(C)C)NCCCN1CCOCC1.I. The number of hydrogen-bond donors (Lipinski definition) is 2. The van der Waals surface area contributed by atoms with Gasteiger partial charge in [0, 0.05) is 26.2 Å². The number of guanidine groups is 1. The van der Waals surface area contributed by atoms with Crippen LogP contribution in [0.3, 0.4) is 0 Å². The number of morpholine rings is 1. The van der Waals surface area contributed by atoms with Crippen LogP contribution in [0.1, 0.15) is 24.9 Å². The first kappa shape index (κ1) is 25.9. The zero-order valence-corrected chi connectivity index (χ0v) is 20.6. The molecule has 1 aromatic rings. The standard InChI is InChI=1S/C21H37N5O2.HI/c1-5-22-21(23-10-7-11-26-12-14-28-15-13-26)24-17-20(25(2)3)18-8-6-9-19(16-18)27-4;/h6,8-9,16,20H,5,7,10-15,17H2,1-4H3,(H2,22,23,24);1H. The molecule has 8 heteroatoms. The van der Waals surface area contributed by atoms with Gasteiger partial charge in [-0.1, -0.05) is 12.1 Å². The molecule has 0 aromatic heterocycles. The van der Waals surface area contributed by atoms with Crippen LogP contribution in [-0.4, -0.2) is 89.4 Å². The molecule has 0 bridgehead atoms. The molecule has 1 unspecified atom stereocenters. The quantitative estimate of drug-likeness (QED) is 0.214. The summed E-state index contributed by atoms with van der Waals surface area (Å²) in [4.78, 5) is 9.48. The van der Waals surface area contributed by atoms with E-state index in [0.29, 0.717) is 6.54 Å². The molecule has 1 heterocycles. The molecule has 0 radical (unpaired) electrons. The van der Waals surface area contributed by atoms with Gasteiger partial charge in [0.1, 0.15) is 5.75 Å². The number of methoxy groups -OCH3 is 1. The number of hydrogen-bond acceptors (Lipinski definition) is 5. The Labute approximate surface area is 193 Å². The van der Waals surface area contributed by atoms with Crippen molar-refractivity contribution in [2.75, 3.05) is 73.7 Å². The fraction of sp³-hybridized carbons (Fsp3) is 0.667. The third-order valence-corrected chi connectivity index (χ3v) is 4.92. The second-order valence-corrected chi connectivity index (χ2v) is 7.21. The van der Waals surface area contributed by atoms with Crippen LogP contribution in [0.25, 0.3) is 0 Å². The Bertz CT molecular complexity index is 594. The number of nitrogens with one attached hydrogen (secondary N) is 2. The van der Waals surface area contributed by atoms with Gasteiger partial charge in [0.15, 0.2) is 5.96 Å². The molecule has 166 valence electrons. The number of likely N-dealkylation sites (N-methyl/N-ethyl adjacent to an activating group) is 1. The minimum absolute atomic E-state index is 0. The lowest BCUT2D eigenvalue weighted by Crippen LogP contribution is -2.41. The monoisotopic (exact) mass is 519 g/mol. The molecular formula is C21H38IN5O2. The van der Waals surface area contributed by atoms with Gasteiger partial charge in [0.05, 0.1) is 32.9 Å². The van der Waals surface area contributed by atoms with Crippen molar-refractivity contribution < 1.29 is 9.47 Å². The number of nitrogens with zero attached hydrogens (tertiary/aromatic N) is 3. The number of halogens is 1. The maximum absolute atomic E-state index is 5.40. The molecule has 2 rings (SSSR count).